The van der Waals surface area contributed by atoms with Crippen LogP contribution >= 0.6 is 0 Å². The average molecular weight is 186 g/mol. The molecule has 0 unspecified atom stereocenters. The molecule has 2 aromatic rings. The molecule has 0 saturated carbocycles. The second kappa shape index (κ2) is 3.66. The van der Waals surface area contributed by atoms with E-state index in [0.717, 1.165) is 6.54 Å². The molecule has 0 atom stereocenters. The van der Waals surface area contributed by atoms with Crippen LogP contribution in [0, 0.1) is 6.92 Å². The highest BCUT2D eigenvalue weighted by Gasteiger charge is 2.05. The van der Waals surface area contributed by atoms with Gasteiger partial charge in [0.1, 0.15) is 0 Å². The fourth-order valence-corrected chi connectivity index (χ4v) is 1.66. The zero-order valence-corrected chi connectivity index (χ0v) is 8.57. The van der Waals surface area contributed by atoms with Gasteiger partial charge in [0.15, 0.2) is 0 Å². The summed E-state index contributed by atoms with van der Waals surface area (Å²) >= 11 is 0. The number of hydrogen-bond donors (Lipinski definition) is 0. The lowest BCUT2D eigenvalue weighted by molar-refractivity contribution is 0.768. The van der Waals surface area contributed by atoms with Crippen molar-refractivity contribution in [2.24, 2.45) is 0 Å². The van der Waals surface area contributed by atoms with Crippen LogP contribution in [0.2, 0.25) is 0 Å². The van der Waals surface area contributed by atoms with E-state index in [1.807, 2.05) is 12.5 Å². The van der Waals surface area contributed by atoms with Gasteiger partial charge in [0.25, 0.3) is 0 Å². The molecule has 0 amide bonds. The van der Waals surface area contributed by atoms with Crippen molar-refractivity contribution in [2.45, 2.75) is 20.4 Å². The average Bonchev–Trinajstić information content (AvgIpc) is 2.66. The first kappa shape index (κ1) is 9.00. The predicted octanol–water partition coefficient (Wildman–Crippen LogP) is 2.88. The Morgan fingerprint density at radius 1 is 1.29 bits per heavy atom. The lowest BCUT2D eigenvalue weighted by Crippen LogP contribution is -1.95. The molecule has 0 fully saturated rings. The summed E-state index contributed by atoms with van der Waals surface area (Å²) in [6.07, 6.45) is 3.80. The molecule has 0 N–H and O–H groups in total. The van der Waals surface area contributed by atoms with Crippen LogP contribution < -0.4 is 0 Å². The van der Waals surface area contributed by atoms with Gasteiger partial charge in [0.05, 0.1) is 18.2 Å². The summed E-state index contributed by atoms with van der Waals surface area (Å²) in [5, 5.41) is 0. The second-order valence-corrected chi connectivity index (χ2v) is 3.38. The van der Waals surface area contributed by atoms with Crippen molar-refractivity contribution in [3.8, 4) is 11.3 Å². The largest absolute Gasteiger partial charge is 0.331 e. The van der Waals surface area contributed by atoms with Crippen LogP contribution in [0.3, 0.4) is 0 Å². The van der Waals surface area contributed by atoms with Crippen molar-refractivity contribution < 1.29 is 0 Å². The van der Waals surface area contributed by atoms with E-state index in [-0.39, 0.29) is 0 Å². The van der Waals surface area contributed by atoms with Crippen LogP contribution in [0.1, 0.15) is 12.5 Å². The molecule has 1 aromatic heterocycles. The summed E-state index contributed by atoms with van der Waals surface area (Å²) in [4.78, 5) is 4.17. The smallest absolute Gasteiger partial charge is 0.0950 e. The van der Waals surface area contributed by atoms with Crippen LogP contribution in [-0.2, 0) is 6.54 Å². The SMILES string of the molecule is CCn1cncc1-c1ccccc1C. The van der Waals surface area contributed by atoms with E-state index in [9.17, 15) is 0 Å². The standard InChI is InChI=1S/C12H14N2/c1-3-14-9-13-8-12(14)11-7-5-4-6-10(11)2/h4-9H,3H2,1-2H3. The fraction of sp³-hybridized carbons (Fsp3) is 0.250. The van der Waals surface area contributed by atoms with Gasteiger partial charge in [-0.25, -0.2) is 4.98 Å². The highest BCUT2D eigenvalue weighted by atomic mass is 15.0. The van der Waals surface area contributed by atoms with E-state index in [0.29, 0.717) is 0 Å². The van der Waals surface area contributed by atoms with Crippen LogP contribution in [0.5, 0.6) is 0 Å². The van der Waals surface area contributed by atoms with Crippen molar-refractivity contribution >= 4 is 0 Å². The highest BCUT2D eigenvalue weighted by molar-refractivity contribution is 5.63. The lowest BCUT2D eigenvalue weighted by atomic mass is 10.1. The molecule has 0 aliphatic heterocycles. The first-order valence-corrected chi connectivity index (χ1v) is 4.89. The molecule has 1 aromatic carbocycles. The summed E-state index contributed by atoms with van der Waals surface area (Å²) in [5.74, 6) is 0. The van der Waals surface area contributed by atoms with Gasteiger partial charge in [-0.05, 0) is 19.4 Å². The Bertz CT molecular complexity index is 429. The fourth-order valence-electron chi connectivity index (χ4n) is 1.66. The molecule has 0 aliphatic rings. The number of nitrogens with zero attached hydrogens (tertiary/aromatic N) is 2. The van der Waals surface area contributed by atoms with E-state index in [4.69, 9.17) is 0 Å². The van der Waals surface area contributed by atoms with Gasteiger partial charge in [-0.2, -0.15) is 0 Å². The molecule has 0 radical (unpaired) electrons. The van der Waals surface area contributed by atoms with Crippen molar-refractivity contribution in [1.29, 1.82) is 0 Å². The second-order valence-electron chi connectivity index (χ2n) is 3.38. The number of hydrogen-bond acceptors (Lipinski definition) is 1. The van der Waals surface area contributed by atoms with Crippen LogP contribution in [0.15, 0.2) is 36.8 Å². The van der Waals surface area contributed by atoms with E-state index >= 15 is 0 Å². The van der Waals surface area contributed by atoms with Crippen LogP contribution in [-0.4, -0.2) is 9.55 Å². The molecular weight excluding hydrogens is 172 g/mol. The van der Waals surface area contributed by atoms with E-state index < -0.39 is 0 Å². The van der Waals surface area contributed by atoms with Gasteiger partial charge in [0, 0.05) is 12.1 Å². The minimum absolute atomic E-state index is 0.962. The van der Waals surface area contributed by atoms with Gasteiger partial charge in [-0.3, -0.25) is 0 Å². The lowest BCUT2D eigenvalue weighted by Gasteiger charge is -2.07. The van der Waals surface area contributed by atoms with Crippen LogP contribution in [0.4, 0.5) is 0 Å². The van der Waals surface area contributed by atoms with Crippen molar-refractivity contribution in [1.82, 2.24) is 9.55 Å². The summed E-state index contributed by atoms with van der Waals surface area (Å²) in [7, 11) is 0. The predicted molar refractivity (Wildman–Crippen MR) is 58.1 cm³/mol. The summed E-state index contributed by atoms with van der Waals surface area (Å²) < 4.78 is 2.16. The molecule has 72 valence electrons. The maximum absolute atomic E-state index is 4.17. The van der Waals surface area contributed by atoms with Crippen LogP contribution in [0.25, 0.3) is 11.3 Å². The summed E-state index contributed by atoms with van der Waals surface area (Å²) in [6, 6.07) is 8.39. The Hall–Kier alpha value is -1.57. The maximum atomic E-state index is 4.17. The molecule has 0 saturated heterocycles. The number of aryl methyl sites for hydroxylation is 2. The minimum atomic E-state index is 0.962. The number of imidazole rings is 1. The molecular formula is C12H14N2. The Morgan fingerprint density at radius 2 is 2.07 bits per heavy atom. The summed E-state index contributed by atoms with van der Waals surface area (Å²) in [5.41, 5.74) is 3.76. The van der Waals surface area contributed by atoms with Crippen molar-refractivity contribution in [3.05, 3.63) is 42.4 Å². The molecule has 2 rings (SSSR count). The molecule has 0 aliphatic carbocycles. The van der Waals surface area contributed by atoms with E-state index in [1.54, 1.807) is 0 Å². The molecule has 2 heteroatoms. The van der Waals surface area contributed by atoms with Gasteiger partial charge in [0.2, 0.25) is 0 Å². The van der Waals surface area contributed by atoms with Crippen molar-refractivity contribution in [2.75, 3.05) is 0 Å². The molecule has 2 nitrogen and oxygen atoms in total. The minimum Gasteiger partial charge on any atom is -0.331 e. The third-order valence-corrected chi connectivity index (χ3v) is 2.47. The third kappa shape index (κ3) is 1.43. The highest BCUT2D eigenvalue weighted by Crippen LogP contribution is 2.22. The van der Waals surface area contributed by atoms with E-state index in [1.165, 1.54) is 16.8 Å². The molecule has 0 spiro atoms. The van der Waals surface area contributed by atoms with Gasteiger partial charge < -0.3 is 4.57 Å². The quantitative estimate of drug-likeness (QED) is 0.705. The van der Waals surface area contributed by atoms with Gasteiger partial charge in [-0.15, -0.1) is 0 Å². The first-order valence-electron chi connectivity index (χ1n) is 4.89. The van der Waals surface area contributed by atoms with Gasteiger partial charge >= 0.3 is 0 Å². The monoisotopic (exact) mass is 186 g/mol. The maximum Gasteiger partial charge on any atom is 0.0950 e. The Labute approximate surface area is 84.2 Å². The topological polar surface area (TPSA) is 17.8 Å². The molecule has 14 heavy (non-hydrogen) atoms. The molecule has 1 heterocycles. The first-order chi connectivity index (χ1) is 6.83. The zero-order chi connectivity index (χ0) is 9.97. The van der Waals surface area contributed by atoms with E-state index in [2.05, 4.69) is 47.7 Å². The summed E-state index contributed by atoms with van der Waals surface area (Å²) in [6.45, 7) is 5.22. The Balaban J connectivity index is 2.54. The number of aromatic nitrogens is 2. The number of benzene rings is 1. The normalized spacial score (nSPS) is 10.4. The Morgan fingerprint density at radius 3 is 2.79 bits per heavy atom. The molecule has 0 bridgehead atoms. The zero-order valence-electron chi connectivity index (χ0n) is 8.57. The van der Waals surface area contributed by atoms with Crippen molar-refractivity contribution in [3.63, 3.8) is 0 Å². The van der Waals surface area contributed by atoms with Gasteiger partial charge in [-0.1, -0.05) is 24.3 Å². The third-order valence-electron chi connectivity index (χ3n) is 2.47. The number of rotatable bonds is 2. The Kier molecular flexibility index (Phi) is 2.35.